The zero-order valence-electron chi connectivity index (χ0n) is 11.9. The highest BCUT2D eigenvalue weighted by Gasteiger charge is 2.13. The number of aromatic carboxylic acids is 1. The van der Waals surface area contributed by atoms with Gasteiger partial charge in [-0.05, 0) is 38.2 Å². The zero-order chi connectivity index (χ0) is 14.5. The minimum absolute atomic E-state index is 0.206. The summed E-state index contributed by atoms with van der Waals surface area (Å²) in [6, 6.07) is 5.15. The molecule has 0 unspecified atom stereocenters. The third-order valence-electron chi connectivity index (χ3n) is 3.51. The van der Waals surface area contributed by atoms with E-state index in [0.717, 1.165) is 38.1 Å². The van der Waals surface area contributed by atoms with Crippen molar-refractivity contribution in [3.05, 3.63) is 23.8 Å². The number of fused-ring (bicyclic) bond motifs is 1. The molecule has 20 heavy (non-hydrogen) atoms. The van der Waals surface area contributed by atoms with Gasteiger partial charge in [0, 0.05) is 6.54 Å². The summed E-state index contributed by atoms with van der Waals surface area (Å²) >= 11 is 0. The molecule has 2 rings (SSSR count). The number of rotatable bonds is 7. The molecule has 2 aromatic rings. The number of carboxylic acid groups (broad SMARTS) is 1. The lowest BCUT2D eigenvalue weighted by molar-refractivity contribution is 0.0699. The maximum absolute atomic E-state index is 11.1. The minimum atomic E-state index is -0.967. The lowest BCUT2D eigenvalue weighted by atomic mass is 10.2. The SMILES string of the molecule is CCN(CC)CCCn1nnc2c(C(=O)O)cccc21. The van der Waals surface area contributed by atoms with E-state index in [1.54, 1.807) is 16.8 Å². The van der Waals surface area contributed by atoms with E-state index < -0.39 is 5.97 Å². The molecule has 6 nitrogen and oxygen atoms in total. The molecule has 0 saturated heterocycles. The fourth-order valence-corrected chi connectivity index (χ4v) is 2.31. The van der Waals surface area contributed by atoms with Gasteiger partial charge in [-0.3, -0.25) is 0 Å². The number of aryl methyl sites for hydroxylation is 1. The van der Waals surface area contributed by atoms with Crippen LogP contribution in [0.5, 0.6) is 0 Å². The van der Waals surface area contributed by atoms with Gasteiger partial charge in [0.25, 0.3) is 0 Å². The standard InChI is InChI=1S/C14H20N4O2/c1-3-17(4-2)9-6-10-18-12-8-5-7-11(14(19)20)13(12)15-16-18/h5,7-8H,3-4,6,9-10H2,1-2H3,(H,19,20). The van der Waals surface area contributed by atoms with Crippen molar-refractivity contribution in [1.29, 1.82) is 0 Å². The molecule has 0 atom stereocenters. The molecule has 0 saturated carbocycles. The predicted molar refractivity (Wildman–Crippen MR) is 76.9 cm³/mol. The van der Waals surface area contributed by atoms with E-state index in [2.05, 4.69) is 29.1 Å². The number of aromatic nitrogens is 3. The quantitative estimate of drug-likeness (QED) is 0.835. The van der Waals surface area contributed by atoms with Crippen LogP contribution in [0.15, 0.2) is 18.2 Å². The molecule has 0 aliphatic heterocycles. The van der Waals surface area contributed by atoms with Gasteiger partial charge < -0.3 is 10.0 Å². The summed E-state index contributed by atoms with van der Waals surface area (Å²) in [6.07, 6.45) is 0.970. The van der Waals surface area contributed by atoms with Crippen molar-refractivity contribution in [2.24, 2.45) is 0 Å². The van der Waals surface area contributed by atoms with Crippen LogP contribution in [0.2, 0.25) is 0 Å². The Morgan fingerprint density at radius 2 is 2.10 bits per heavy atom. The smallest absolute Gasteiger partial charge is 0.338 e. The van der Waals surface area contributed by atoms with E-state index in [-0.39, 0.29) is 5.56 Å². The van der Waals surface area contributed by atoms with Crippen molar-refractivity contribution in [1.82, 2.24) is 19.9 Å². The number of benzene rings is 1. The van der Waals surface area contributed by atoms with Crippen LogP contribution in [0.25, 0.3) is 11.0 Å². The van der Waals surface area contributed by atoms with Crippen LogP contribution < -0.4 is 0 Å². The monoisotopic (exact) mass is 276 g/mol. The molecule has 0 spiro atoms. The summed E-state index contributed by atoms with van der Waals surface area (Å²) < 4.78 is 1.78. The van der Waals surface area contributed by atoms with Crippen LogP contribution in [0.3, 0.4) is 0 Å². The molecule has 1 N–H and O–H groups in total. The number of carboxylic acids is 1. The molecule has 6 heteroatoms. The van der Waals surface area contributed by atoms with Crippen LogP contribution in [0, 0.1) is 0 Å². The highest BCUT2D eigenvalue weighted by Crippen LogP contribution is 2.16. The summed E-state index contributed by atoms with van der Waals surface area (Å²) in [5.74, 6) is -0.967. The topological polar surface area (TPSA) is 71.2 Å². The maximum Gasteiger partial charge on any atom is 0.338 e. The Hall–Kier alpha value is -1.95. The average molecular weight is 276 g/mol. The van der Waals surface area contributed by atoms with Gasteiger partial charge in [0.15, 0.2) is 0 Å². The Morgan fingerprint density at radius 3 is 2.75 bits per heavy atom. The zero-order valence-corrected chi connectivity index (χ0v) is 11.9. The number of nitrogens with zero attached hydrogens (tertiary/aromatic N) is 4. The molecule has 0 fully saturated rings. The fourth-order valence-electron chi connectivity index (χ4n) is 2.31. The number of hydrogen-bond donors (Lipinski definition) is 1. The minimum Gasteiger partial charge on any atom is -0.478 e. The highest BCUT2D eigenvalue weighted by atomic mass is 16.4. The van der Waals surface area contributed by atoms with Crippen molar-refractivity contribution < 1.29 is 9.90 Å². The Labute approximate surface area is 118 Å². The largest absolute Gasteiger partial charge is 0.478 e. The van der Waals surface area contributed by atoms with Gasteiger partial charge in [-0.2, -0.15) is 0 Å². The van der Waals surface area contributed by atoms with E-state index in [4.69, 9.17) is 5.11 Å². The van der Waals surface area contributed by atoms with E-state index in [1.807, 2.05) is 6.07 Å². The summed E-state index contributed by atoms with van der Waals surface area (Å²) in [5.41, 5.74) is 1.45. The molecule has 1 heterocycles. The molecule has 0 aliphatic carbocycles. The Balaban J connectivity index is 2.12. The molecule has 0 amide bonds. The first-order valence-electron chi connectivity index (χ1n) is 6.95. The van der Waals surface area contributed by atoms with Gasteiger partial charge in [-0.1, -0.05) is 25.1 Å². The van der Waals surface area contributed by atoms with Gasteiger partial charge in [0.1, 0.15) is 5.52 Å². The Bertz CT molecular complexity index is 590. The van der Waals surface area contributed by atoms with E-state index >= 15 is 0 Å². The van der Waals surface area contributed by atoms with Gasteiger partial charge in [-0.15, -0.1) is 5.10 Å². The third kappa shape index (κ3) is 2.96. The van der Waals surface area contributed by atoms with Gasteiger partial charge >= 0.3 is 5.97 Å². The highest BCUT2D eigenvalue weighted by molar-refractivity contribution is 6.00. The van der Waals surface area contributed by atoms with Crippen LogP contribution in [0.1, 0.15) is 30.6 Å². The molecule has 0 radical (unpaired) electrons. The predicted octanol–water partition coefficient (Wildman–Crippen LogP) is 1.86. The lowest BCUT2D eigenvalue weighted by Gasteiger charge is -2.17. The Kier molecular flexibility index (Phi) is 4.68. The van der Waals surface area contributed by atoms with Crippen molar-refractivity contribution >= 4 is 17.0 Å². The fraction of sp³-hybridized carbons (Fsp3) is 0.500. The molecular weight excluding hydrogens is 256 g/mol. The van der Waals surface area contributed by atoms with Crippen LogP contribution >= 0.6 is 0 Å². The van der Waals surface area contributed by atoms with E-state index in [0.29, 0.717) is 5.52 Å². The lowest BCUT2D eigenvalue weighted by Crippen LogP contribution is -2.25. The molecule has 108 valence electrons. The normalized spacial score (nSPS) is 11.3. The van der Waals surface area contributed by atoms with Gasteiger partial charge in [0.2, 0.25) is 0 Å². The number of hydrogen-bond acceptors (Lipinski definition) is 4. The second-order valence-corrected chi connectivity index (χ2v) is 4.67. The van der Waals surface area contributed by atoms with Crippen molar-refractivity contribution in [3.8, 4) is 0 Å². The van der Waals surface area contributed by atoms with Crippen LogP contribution in [0.4, 0.5) is 0 Å². The van der Waals surface area contributed by atoms with Gasteiger partial charge in [-0.25, -0.2) is 9.48 Å². The molecule has 0 bridgehead atoms. The first-order chi connectivity index (χ1) is 9.67. The Morgan fingerprint density at radius 1 is 1.35 bits per heavy atom. The van der Waals surface area contributed by atoms with Crippen molar-refractivity contribution in [2.75, 3.05) is 19.6 Å². The van der Waals surface area contributed by atoms with Crippen molar-refractivity contribution in [3.63, 3.8) is 0 Å². The number of carbonyl (C=O) groups is 1. The van der Waals surface area contributed by atoms with E-state index in [1.165, 1.54) is 0 Å². The molecule has 0 aliphatic rings. The first-order valence-corrected chi connectivity index (χ1v) is 6.95. The molecule has 1 aromatic carbocycles. The summed E-state index contributed by atoms with van der Waals surface area (Å²) in [5, 5.41) is 17.2. The third-order valence-corrected chi connectivity index (χ3v) is 3.51. The summed E-state index contributed by atoms with van der Waals surface area (Å²) in [4.78, 5) is 13.5. The van der Waals surface area contributed by atoms with Gasteiger partial charge in [0.05, 0.1) is 11.1 Å². The second-order valence-electron chi connectivity index (χ2n) is 4.67. The first kappa shape index (κ1) is 14.5. The van der Waals surface area contributed by atoms with Crippen LogP contribution in [-0.2, 0) is 6.54 Å². The second kappa shape index (κ2) is 6.47. The van der Waals surface area contributed by atoms with E-state index in [9.17, 15) is 4.79 Å². The average Bonchev–Trinajstić information content (AvgIpc) is 2.86. The summed E-state index contributed by atoms with van der Waals surface area (Å²) in [6.45, 7) is 8.12. The summed E-state index contributed by atoms with van der Waals surface area (Å²) in [7, 11) is 0. The molecular formula is C14H20N4O2. The maximum atomic E-state index is 11.1. The van der Waals surface area contributed by atoms with Crippen molar-refractivity contribution in [2.45, 2.75) is 26.8 Å². The van der Waals surface area contributed by atoms with Crippen LogP contribution in [-0.4, -0.2) is 50.6 Å². The molecule has 1 aromatic heterocycles.